The van der Waals surface area contributed by atoms with E-state index >= 15 is 0 Å². The minimum absolute atomic E-state index is 0.00931. The normalized spacial score (nSPS) is 19.0. The molecule has 2 heterocycles. The van der Waals surface area contributed by atoms with Gasteiger partial charge in [-0.2, -0.15) is 18.3 Å². The van der Waals surface area contributed by atoms with E-state index in [-0.39, 0.29) is 34.9 Å². The second kappa shape index (κ2) is 8.29. The second-order valence-electron chi connectivity index (χ2n) is 10.5. The largest absolute Gasteiger partial charge is 0.489 e. The van der Waals surface area contributed by atoms with E-state index in [1.165, 1.54) is 41.1 Å². The molecule has 2 saturated carbocycles. The predicted molar refractivity (Wildman–Crippen MR) is 124 cm³/mol. The molecule has 5 nitrogen and oxygen atoms in total. The number of likely N-dealkylation sites (tertiary alicyclic amines) is 1. The summed E-state index contributed by atoms with van der Waals surface area (Å²) in [5.41, 5.74) is 0.325. The molecule has 1 aromatic heterocycles. The van der Waals surface area contributed by atoms with Crippen LogP contribution < -0.4 is 4.74 Å². The van der Waals surface area contributed by atoms with Crippen molar-refractivity contribution in [2.75, 3.05) is 13.1 Å². The number of alkyl halides is 3. The van der Waals surface area contributed by atoms with Crippen molar-refractivity contribution >= 4 is 5.91 Å². The van der Waals surface area contributed by atoms with Gasteiger partial charge in [0, 0.05) is 30.1 Å². The highest BCUT2D eigenvalue weighted by atomic mass is 19.4. The lowest BCUT2D eigenvalue weighted by Crippen LogP contribution is -2.63. The first kappa shape index (κ1) is 23.9. The van der Waals surface area contributed by atoms with Crippen LogP contribution in [-0.2, 0) is 6.18 Å². The molecular weight excluding hydrogens is 493 g/mol. The number of carbonyl (C=O) groups is 1. The summed E-state index contributed by atoms with van der Waals surface area (Å²) in [6.07, 6.45) is -1.77. The number of amides is 1. The summed E-state index contributed by atoms with van der Waals surface area (Å²) in [6.45, 7) is 2.61. The van der Waals surface area contributed by atoms with Gasteiger partial charge in [-0.1, -0.05) is 6.07 Å². The van der Waals surface area contributed by atoms with Gasteiger partial charge in [0.2, 0.25) is 0 Å². The van der Waals surface area contributed by atoms with Gasteiger partial charge in [-0.05, 0) is 68.5 Å². The molecule has 0 unspecified atom stereocenters. The van der Waals surface area contributed by atoms with Gasteiger partial charge in [-0.3, -0.25) is 9.48 Å². The zero-order valence-electron chi connectivity index (χ0n) is 20.0. The molecule has 37 heavy (non-hydrogen) atoms. The monoisotopic (exact) mass is 517 g/mol. The summed E-state index contributed by atoms with van der Waals surface area (Å²) in [6, 6.07) is 8.59. The fourth-order valence-electron chi connectivity index (χ4n) is 5.47. The summed E-state index contributed by atoms with van der Waals surface area (Å²) >= 11 is 0. The molecule has 1 aliphatic heterocycles. The fraction of sp³-hybridized carbons (Fsp3) is 0.407. The molecular formula is C27H24F5N3O2. The van der Waals surface area contributed by atoms with E-state index in [1.54, 1.807) is 11.8 Å². The molecule has 0 N–H and O–H groups in total. The molecule has 2 aromatic carbocycles. The van der Waals surface area contributed by atoms with Gasteiger partial charge in [0.1, 0.15) is 17.4 Å². The quantitative estimate of drug-likeness (QED) is 0.380. The van der Waals surface area contributed by atoms with Crippen LogP contribution in [0.3, 0.4) is 0 Å². The Bertz CT molecular complexity index is 1380. The summed E-state index contributed by atoms with van der Waals surface area (Å²) in [5.74, 6) is -1.02. The standard InChI is InChI=1S/C27H24F5N3O2/c1-15-2-3-16(28)8-21(15)22-10-24(27(30,31)32)33-35(22)18-11-26(12-18)13-34(14-26)25(36)20-7-4-17(29)9-23(20)37-19-5-6-19/h2-4,7-10,18-19H,5-6,11-14H2,1H3. The van der Waals surface area contributed by atoms with Crippen LogP contribution in [0, 0.1) is 24.0 Å². The van der Waals surface area contributed by atoms with E-state index in [0.29, 0.717) is 42.6 Å². The van der Waals surface area contributed by atoms with Crippen molar-refractivity contribution in [3.63, 3.8) is 0 Å². The molecule has 3 aliphatic rings. The minimum atomic E-state index is -4.63. The number of aromatic nitrogens is 2. The molecule has 2 aliphatic carbocycles. The SMILES string of the molecule is Cc1ccc(F)cc1-c1cc(C(F)(F)F)nn1C1CC2(C1)CN(C(=O)c1ccc(F)cc1OC1CC1)C2. The Labute approximate surface area is 209 Å². The van der Waals surface area contributed by atoms with Crippen LogP contribution in [-0.4, -0.2) is 39.8 Å². The minimum Gasteiger partial charge on any atom is -0.489 e. The Balaban J connectivity index is 1.19. The van der Waals surface area contributed by atoms with E-state index in [1.807, 2.05) is 0 Å². The maximum atomic E-state index is 14.0. The lowest BCUT2D eigenvalue weighted by molar-refractivity contribution is -0.142. The van der Waals surface area contributed by atoms with Crippen LogP contribution in [0.1, 0.15) is 53.3 Å². The maximum absolute atomic E-state index is 14.0. The zero-order valence-corrected chi connectivity index (χ0v) is 20.0. The number of ether oxygens (including phenoxy) is 1. The third-order valence-electron chi connectivity index (χ3n) is 7.52. The smallest absolute Gasteiger partial charge is 0.435 e. The molecule has 3 aromatic rings. The first-order valence-corrected chi connectivity index (χ1v) is 12.2. The van der Waals surface area contributed by atoms with Gasteiger partial charge in [-0.15, -0.1) is 0 Å². The fourth-order valence-corrected chi connectivity index (χ4v) is 5.47. The van der Waals surface area contributed by atoms with Gasteiger partial charge in [-0.25, -0.2) is 8.78 Å². The Kier molecular flexibility index (Phi) is 5.36. The van der Waals surface area contributed by atoms with Crippen molar-refractivity contribution in [1.29, 1.82) is 0 Å². The Morgan fingerprint density at radius 2 is 1.70 bits per heavy atom. The lowest BCUT2D eigenvalue weighted by Gasteiger charge is -2.59. The van der Waals surface area contributed by atoms with Crippen LogP contribution >= 0.6 is 0 Å². The van der Waals surface area contributed by atoms with Crippen molar-refractivity contribution in [3.8, 4) is 17.0 Å². The molecule has 0 radical (unpaired) electrons. The van der Waals surface area contributed by atoms with Crippen LogP contribution in [0.2, 0.25) is 0 Å². The van der Waals surface area contributed by atoms with Gasteiger partial charge in [0.15, 0.2) is 5.69 Å². The molecule has 194 valence electrons. The number of carbonyl (C=O) groups excluding carboxylic acids is 1. The van der Waals surface area contributed by atoms with Crippen molar-refractivity contribution in [2.45, 2.75) is 50.9 Å². The average molecular weight is 517 g/mol. The second-order valence-corrected chi connectivity index (χ2v) is 10.5. The first-order chi connectivity index (χ1) is 17.5. The van der Waals surface area contributed by atoms with Gasteiger partial charge < -0.3 is 9.64 Å². The highest BCUT2D eigenvalue weighted by molar-refractivity contribution is 5.97. The number of hydrogen-bond acceptors (Lipinski definition) is 3. The van der Waals surface area contributed by atoms with Crippen LogP contribution in [0.25, 0.3) is 11.3 Å². The van der Waals surface area contributed by atoms with Crippen LogP contribution in [0.15, 0.2) is 42.5 Å². The topological polar surface area (TPSA) is 47.4 Å². The van der Waals surface area contributed by atoms with Gasteiger partial charge in [0.05, 0.1) is 23.4 Å². The van der Waals surface area contributed by atoms with Gasteiger partial charge in [0.25, 0.3) is 5.91 Å². The highest BCUT2D eigenvalue weighted by Crippen LogP contribution is 2.55. The summed E-state index contributed by atoms with van der Waals surface area (Å²) in [4.78, 5) is 14.8. The summed E-state index contributed by atoms with van der Waals surface area (Å²) in [7, 11) is 0. The third kappa shape index (κ3) is 4.36. The molecule has 10 heteroatoms. The Hall–Kier alpha value is -3.43. The number of aryl methyl sites for hydroxylation is 1. The highest BCUT2D eigenvalue weighted by Gasteiger charge is 2.55. The first-order valence-electron chi connectivity index (χ1n) is 12.2. The van der Waals surface area contributed by atoms with E-state index in [9.17, 15) is 26.7 Å². The predicted octanol–water partition coefficient (Wildman–Crippen LogP) is 6.17. The van der Waals surface area contributed by atoms with Crippen LogP contribution in [0.4, 0.5) is 22.0 Å². The molecule has 1 amide bonds. The van der Waals surface area contributed by atoms with E-state index in [4.69, 9.17) is 4.74 Å². The van der Waals surface area contributed by atoms with E-state index < -0.39 is 23.5 Å². The number of rotatable bonds is 5. The number of nitrogens with zero attached hydrogens (tertiary/aromatic N) is 3. The van der Waals surface area contributed by atoms with Crippen molar-refractivity contribution in [2.24, 2.45) is 5.41 Å². The van der Waals surface area contributed by atoms with Crippen LogP contribution in [0.5, 0.6) is 5.75 Å². The summed E-state index contributed by atoms with van der Waals surface area (Å²) < 4.78 is 75.3. The Morgan fingerprint density at radius 3 is 2.38 bits per heavy atom. The number of benzene rings is 2. The van der Waals surface area contributed by atoms with Crippen molar-refractivity contribution in [1.82, 2.24) is 14.7 Å². The summed E-state index contributed by atoms with van der Waals surface area (Å²) in [5, 5.41) is 3.87. The average Bonchev–Trinajstić information content (AvgIpc) is 3.47. The van der Waals surface area contributed by atoms with E-state index in [2.05, 4.69) is 5.10 Å². The third-order valence-corrected chi connectivity index (χ3v) is 7.52. The maximum Gasteiger partial charge on any atom is 0.435 e. The van der Waals surface area contributed by atoms with Crippen molar-refractivity contribution in [3.05, 3.63) is 70.9 Å². The number of hydrogen-bond donors (Lipinski definition) is 0. The molecule has 1 saturated heterocycles. The molecule has 3 fully saturated rings. The lowest BCUT2D eigenvalue weighted by atomic mass is 9.60. The molecule has 1 spiro atoms. The van der Waals surface area contributed by atoms with E-state index in [0.717, 1.165) is 18.9 Å². The molecule has 6 rings (SSSR count). The number of halogens is 5. The van der Waals surface area contributed by atoms with Crippen molar-refractivity contribution < 1.29 is 31.5 Å². The zero-order chi connectivity index (χ0) is 26.1. The molecule has 0 atom stereocenters. The van der Waals surface area contributed by atoms with Gasteiger partial charge >= 0.3 is 6.18 Å². The Morgan fingerprint density at radius 1 is 1.03 bits per heavy atom. The molecule has 0 bridgehead atoms.